The molecule has 0 aromatic carbocycles. The first-order valence-corrected chi connectivity index (χ1v) is 6.68. The standard InChI is InChI=1S/C12H21F3N2O3/c1-2-19-6-3-5-17(9-12(13,14)15)11(18)10-8-20-7-4-16-10/h10,16H,2-9H2,1H3. The molecule has 1 unspecified atom stereocenters. The second-order valence-corrected chi connectivity index (χ2v) is 4.51. The zero-order valence-electron chi connectivity index (χ0n) is 11.5. The van der Waals surface area contributed by atoms with Crippen molar-refractivity contribution in [3.8, 4) is 0 Å². The first-order valence-electron chi connectivity index (χ1n) is 6.68. The number of alkyl halides is 3. The highest BCUT2D eigenvalue weighted by Gasteiger charge is 2.35. The van der Waals surface area contributed by atoms with Crippen LogP contribution in [0.3, 0.4) is 0 Å². The molecular weight excluding hydrogens is 277 g/mol. The molecule has 118 valence electrons. The van der Waals surface area contributed by atoms with Gasteiger partial charge in [-0.25, -0.2) is 0 Å². The summed E-state index contributed by atoms with van der Waals surface area (Å²) in [6, 6.07) is -0.696. The molecule has 1 N–H and O–H groups in total. The monoisotopic (exact) mass is 298 g/mol. The molecule has 1 heterocycles. The molecule has 1 atom stereocenters. The van der Waals surface area contributed by atoms with Gasteiger partial charge in [-0.3, -0.25) is 4.79 Å². The Kier molecular flexibility index (Phi) is 7.25. The van der Waals surface area contributed by atoms with Crippen LogP contribution in [0.2, 0.25) is 0 Å². The van der Waals surface area contributed by atoms with Gasteiger partial charge in [0, 0.05) is 26.3 Å². The number of amides is 1. The summed E-state index contributed by atoms with van der Waals surface area (Å²) in [7, 11) is 0. The lowest BCUT2D eigenvalue weighted by molar-refractivity contribution is -0.164. The van der Waals surface area contributed by atoms with Gasteiger partial charge in [0.15, 0.2) is 0 Å². The summed E-state index contributed by atoms with van der Waals surface area (Å²) in [6.07, 6.45) is -4.03. The molecule has 1 amide bonds. The summed E-state index contributed by atoms with van der Waals surface area (Å²) < 4.78 is 47.8. The summed E-state index contributed by atoms with van der Waals surface area (Å²) in [6.45, 7) is 2.48. The van der Waals surface area contributed by atoms with Crippen LogP contribution in [0.1, 0.15) is 13.3 Å². The van der Waals surface area contributed by atoms with E-state index in [1.165, 1.54) is 0 Å². The third kappa shape index (κ3) is 6.53. The first-order chi connectivity index (χ1) is 9.44. The fourth-order valence-electron chi connectivity index (χ4n) is 1.93. The zero-order chi connectivity index (χ0) is 15.0. The molecule has 1 fully saturated rings. The third-order valence-electron chi connectivity index (χ3n) is 2.82. The highest BCUT2D eigenvalue weighted by Crippen LogP contribution is 2.17. The van der Waals surface area contributed by atoms with E-state index in [-0.39, 0.29) is 13.2 Å². The minimum atomic E-state index is -4.41. The molecule has 20 heavy (non-hydrogen) atoms. The van der Waals surface area contributed by atoms with Gasteiger partial charge >= 0.3 is 6.18 Å². The first kappa shape index (κ1) is 17.2. The van der Waals surface area contributed by atoms with Crippen LogP contribution in [0.15, 0.2) is 0 Å². The van der Waals surface area contributed by atoms with Crippen molar-refractivity contribution in [2.45, 2.75) is 25.6 Å². The molecule has 1 aliphatic rings. The molecule has 0 aliphatic carbocycles. The second-order valence-electron chi connectivity index (χ2n) is 4.51. The number of nitrogens with zero attached hydrogens (tertiary/aromatic N) is 1. The Morgan fingerprint density at radius 1 is 1.50 bits per heavy atom. The van der Waals surface area contributed by atoms with E-state index in [9.17, 15) is 18.0 Å². The Labute approximate surface area is 116 Å². The number of morpholine rings is 1. The maximum atomic E-state index is 12.5. The molecule has 1 saturated heterocycles. The molecule has 5 nitrogen and oxygen atoms in total. The summed E-state index contributed by atoms with van der Waals surface area (Å²) in [5.41, 5.74) is 0. The van der Waals surface area contributed by atoms with Crippen molar-refractivity contribution in [3.05, 3.63) is 0 Å². The van der Waals surface area contributed by atoms with Gasteiger partial charge in [-0.15, -0.1) is 0 Å². The van der Waals surface area contributed by atoms with E-state index in [1.54, 1.807) is 0 Å². The molecule has 1 rings (SSSR count). The van der Waals surface area contributed by atoms with Crippen LogP contribution in [0.4, 0.5) is 13.2 Å². The Hall–Kier alpha value is -0.860. The number of carbonyl (C=O) groups is 1. The quantitative estimate of drug-likeness (QED) is 0.706. The maximum Gasteiger partial charge on any atom is 0.406 e. The van der Waals surface area contributed by atoms with Crippen LogP contribution in [0.25, 0.3) is 0 Å². The largest absolute Gasteiger partial charge is 0.406 e. The molecule has 0 spiro atoms. The van der Waals surface area contributed by atoms with Gasteiger partial charge in [0.2, 0.25) is 5.91 Å². The molecule has 0 saturated carbocycles. The average Bonchev–Trinajstić information content (AvgIpc) is 2.41. The van der Waals surface area contributed by atoms with Gasteiger partial charge in [-0.05, 0) is 13.3 Å². The van der Waals surface area contributed by atoms with Gasteiger partial charge in [0.05, 0.1) is 13.2 Å². The van der Waals surface area contributed by atoms with Crippen molar-refractivity contribution in [1.82, 2.24) is 10.2 Å². The Morgan fingerprint density at radius 3 is 2.80 bits per heavy atom. The van der Waals surface area contributed by atoms with Gasteiger partial charge in [-0.1, -0.05) is 0 Å². The average molecular weight is 298 g/mol. The van der Waals surface area contributed by atoms with Crippen LogP contribution < -0.4 is 5.32 Å². The summed E-state index contributed by atoms with van der Waals surface area (Å²) in [5.74, 6) is -0.571. The number of nitrogens with one attached hydrogen (secondary N) is 1. The SMILES string of the molecule is CCOCCCN(CC(F)(F)F)C(=O)C1COCCN1. The van der Waals surface area contributed by atoms with E-state index >= 15 is 0 Å². The van der Waals surface area contributed by atoms with Crippen molar-refractivity contribution in [1.29, 1.82) is 0 Å². The maximum absolute atomic E-state index is 12.5. The van der Waals surface area contributed by atoms with E-state index in [1.807, 2.05) is 6.92 Å². The third-order valence-corrected chi connectivity index (χ3v) is 2.82. The van der Waals surface area contributed by atoms with Crippen LogP contribution in [0, 0.1) is 0 Å². The molecule has 0 bridgehead atoms. The lowest BCUT2D eigenvalue weighted by Crippen LogP contribution is -2.54. The van der Waals surface area contributed by atoms with Crippen LogP contribution in [-0.4, -0.2) is 69.1 Å². The fraction of sp³-hybridized carbons (Fsp3) is 0.917. The molecule has 0 aromatic heterocycles. The Bertz CT molecular complexity index is 294. The van der Waals surface area contributed by atoms with Gasteiger partial charge in [0.1, 0.15) is 12.6 Å². The van der Waals surface area contributed by atoms with Crippen LogP contribution in [-0.2, 0) is 14.3 Å². The number of rotatable bonds is 7. The lowest BCUT2D eigenvalue weighted by atomic mass is 10.2. The highest BCUT2D eigenvalue weighted by atomic mass is 19.4. The van der Waals surface area contributed by atoms with Crippen molar-refractivity contribution >= 4 is 5.91 Å². The molecule has 0 radical (unpaired) electrons. The minimum absolute atomic E-state index is 0.0243. The molecule has 0 aromatic rings. The topological polar surface area (TPSA) is 50.8 Å². The van der Waals surface area contributed by atoms with Crippen LogP contribution >= 0.6 is 0 Å². The van der Waals surface area contributed by atoms with Crippen molar-refractivity contribution in [3.63, 3.8) is 0 Å². The Morgan fingerprint density at radius 2 is 2.25 bits per heavy atom. The number of halogens is 3. The van der Waals surface area contributed by atoms with E-state index in [2.05, 4.69) is 5.32 Å². The predicted molar refractivity (Wildman–Crippen MR) is 66.4 cm³/mol. The van der Waals surface area contributed by atoms with E-state index < -0.39 is 24.7 Å². The van der Waals surface area contributed by atoms with Gasteiger partial charge in [0.25, 0.3) is 0 Å². The van der Waals surface area contributed by atoms with Crippen molar-refractivity contribution < 1.29 is 27.4 Å². The van der Waals surface area contributed by atoms with E-state index in [0.29, 0.717) is 32.8 Å². The molecule has 1 aliphatic heterocycles. The van der Waals surface area contributed by atoms with Gasteiger partial charge < -0.3 is 19.7 Å². The van der Waals surface area contributed by atoms with Crippen molar-refractivity contribution in [2.24, 2.45) is 0 Å². The van der Waals surface area contributed by atoms with E-state index in [4.69, 9.17) is 9.47 Å². The normalized spacial score (nSPS) is 19.9. The number of ether oxygens (including phenoxy) is 2. The molecular formula is C12H21F3N2O3. The Balaban J connectivity index is 2.52. The zero-order valence-corrected chi connectivity index (χ0v) is 11.5. The number of hydrogen-bond acceptors (Lipinski definition) is 4. The van der Waals surface area contributed by atoms with Gasteiger partial charge in [-0.2, -0.15) is 13.2 Å². The van der Waals surface area contributed by atoms with E-state index in [0.717, 1.165) is 4.90 Å². The molecule has 8 heteroatoms. The minimum Gasteiger partial charge on any atom is -0.382 e. The summed E-state index contributed by atoms with van der Waals surface area (Å²) in [5, 5.41) is 2.87. The number of hydrogen-bond donors (Lipinski definition) is 1. The summed E-state index contributed by atoms with van der Waals surface area (Å²) in [4.78, 5) is 12.9. The predicted octanol–water partition coefficient (Wildman–Crippen LogP) is 0.792. The fourth-order valence-corrected chi connectivity index (χ4v) is 1.93. The summed E-state index contributed by atoms with van der Waals surface area (Å²) >= 11 is 0. The number of carbonyl (C=O) groups excluding carboxylic acids is 1. The van der Waals surface area contributed by atoms with Crippen molar-refractivity contribution in [2.75, 3.05) is 46.1 Å². The van der Waals surface area contributed by atoms with Crippen LogP contribution in [0.5, 0.6) is 0 Å². The second kappa shape index (κ2) is 8.43. The smallest absolute Gasteiger partial charge is 0.382 e. The lowest BCUT2D eigenvalue weighted by Gasteiger charge is -2.30. The highest BCUT2D eigenvalue weighted by molar-refractivity contribution is 5.82.